The van der Waals surface area contributed by atoms with Gasteiger partial charge in [-0.25, -0.2) is 0 Å². The molecule has 0 heterocycles. The fourth-order valence-corrected chi connectivity index (χ4v) is 3.04. The first kappa shape index (κ1) is 17.6. The van der Waals surface area contributed by atoms with Crippen LogP contribution in [0, 0.1) is 0 Å². The van der Waals surface area contributed by atoms with Crippen molar-refractivity contribution in [3.8, 4) is 11.1 Å². The van der Waals surface area contributed by atoms with E-state index in [1.54, 1.807) is 0 Å². The quantitative estimate of drug-likeness (QED) is 0.485. The van der Waals surface area contributed by atoms with Crippen molar-refractivity contribution >= 4 is 27.5 Å². The van der Waals surface area contributed by atoms with Gasteiger partial charge in [0.2, 0.25) is 0 Å². The maximum Gasteiger partial charge on any atom is 0.0554 e. The number of benzene rings is 2. The highest BCUT2D eigenvalue weighted by Gasteiger charge is 2.21. The molecule has 0 nitrogen and oxygen atoms in total. The van der Waals surface area contributed by atoms with Crippen LogP contribution in [0.3, 0.4) is 0 Å². The van der Waals surface area contributed by atoms with Crippen LogP contribution in [0.4, 0.5) is 0 Å². The minimum absolute atomic E-state index is 0.112. The molecule has 0 aliphatic rings. The van der Waals surface area contributed by atoms with Gasteiger partial charge >= 0.3 is 0 Å². The molecule has 0 N–H and O–H groups in total. The van der Waals surface area contributed by atoms with Crippen molar-refractivity contribution < 1.29 is 0 Å². The average molecular weight is 380 g/mol. The Balaban J connectivity index is 2.73. The molecule has 0 aliphatic heterocycles. The van der Waals surface area contributed by atoms with Gasteiger partial charge in [0.15, 0.2) is 0 Å². The van der Waals surface area contributed by atoms with Gasteiger partial charge < -0.3 is 0 Å². The largest absolute Gasteiger partial charge is 0.0831 e. The van der Waals surface area contributed by atoms with Crippen LogP contribution < -0.4 is 0 Å². The molecule has 0 aliphatic carbocycles. The zero-order valence-electron chi connectivity index (χ0n) is 14.2. The van der Waals surface area contributed by atoms with Crippen LogP contribution in [0.5, 0.6) is 0 Å². The maximum atomic E-state index is 6.28. The lowest BCUT2D eigenvalue weighted by atomic mass is 9.79. The van der Waals surface area contributed by atoms with Gasteiger partial charge in [0.1, 0.15) is 0 Å². The molecule has 0 radical (unpaired) electrons. The van der Waals surface area contributed by atoms with Crippen LogP contribution in [0.25, 0.3) is 11.1 Å². The summed E-state index contributed by atoms with van der Waals surface area (Å²) in [7, 11) is 0. The molecule has 0 saturated heterocycles. The van der Waals surface area contributed by atoms with Crippen molar-refractivity contribution in [2.24, 2.45) is 0 Å². The number of halogens is 2. The number of hydrogen-bond donors (Lipinski definition) is 0. The van der Waals surface area contributed by atoms with Crippen LogP contribution >= 0.6 is 27.5 Å². The molecule has 0 bridgehead atoms. The summed E-state index contributed by atoms with van der Waals surface area (Å²) in [6.45, 7) is 13.5. The summed E-state index contributed by atoms with van der Waals surface area (Å²) in [6.07, 6.45) is 0. The van der Waals surface area contributed by atoms with Gasteiger partial charge in [-0.3, -0.25) is 0 Å². The highest BCUT2D eigenvalue weighted by atomic mass is 79.9. The third kappa shape index (κ3) is 3.75. The van der Waals surface area contributed by atoms with E-state index in [4.69, 9.17) is 11.6 Å². The predicted molar refractivity (Wildman–Crippen MR) is 102 cm³/mol. The molecule has 0 spiro atoms. The Hall–Kier alpha value is -0.790. The average Bonchev–Trinajstić information content (AvgIpc) is 2.39. The summed E-state index contributed by atoms with van der Waals surface area (Å²) < 4.78 is 0.961. The third-order valence-electron chi connectivity index (χ3n) is 3.93. The Bertz CT molecular complexity index is 656. The summed E-state index contributed by atoms with van der Waals surface area (Å²) in [5, 5.41) is 0.746. The smallest absolute Gasteiger partial charge is 0.0554 e. The molecule has 2 aromatic carbocycles. The molecular weight excluding hydrogens is 356 g/mol. The second kappa shape index (κ2) is 6.02. The zero-order chi connectivity index (χ0) is 16.7. The minimum atomic E-state index is 0.112. The molecule has 2 rings (SSSR count). The van der Waals surface area contributed by atoms with Gasteiger partial charge in [-0.1, -0.05) is 83.5 Å². The van der Waals surface area contributed by atoms with E-state index >= 15 is 0 Å². The summed E-state index contributed by atoms with van der Waals surface area (Å²) in [5.41, 5.74) is 5.28. The fraction of sp³-hybridized carbons (Fsp3) is 0.400. The monoisotopic (exact) mass is 378 g/mol. The minimum Gasteiger partial charge on any atom is -0.0831 e. The van der Waals surface area contributed by atoms with Crippen molar-refractivity contribution in [2.75, 3.05) is 0 Å². The third-order valence-corrected chi connectivity index (χ3v) is 5.33. The molecule has 0 saturated carbocycles. The maximum absolute atomic E-state index is 6.28. The fourth-order valence-electron chi connectivity index (χ4n) is 2.38. The van der Waals surface area contributed by atoms with Crippen LogP contribution in [-0.4, -0.2) is 0 Å². The molecule has 0 aromatic heterocycles. The number of rotatable bonds is 1. The van der Waals surface area contributed by atoms with Crippen molar-refractivity contribution in [3.63, 3.8) is 0 Å². The Morgan fingerprint density at radius 2 is 1.32 bits per heavy atom. The lowest BCUT2D eigenvalue weighted by Gasteiger charge is -2.26. The van der Waals surface area contributed by atoms with Crippen LogP contribution in [0.15, 0.2) is 40.9 Å². The zero-order valence-corrected chi connectivity index (χ0v) is 16.6. The van der Waals surface area contributed by atoms with Crippen molar-refractivity contribution in [1.29, 1.82) is 0 Å². The van der Waals surface area contributed by atoms with Crippen molar-refractivity contribution in [3.05, 3.63) is 57.0 Å². The molecule has 0 atom stereocenters. The summed E-state index contributed by atoms with van der Waals surface area (Å²) >= 11 is 9.91. The Morgan fingerprint density at radius 3 is 1.77 bits per heavy atom. The summed E-state index contributed by atoms with van der Waals surface area (Å²) in [5.74, 6) is 0. The van der Waals surface area contributed by atoms with Gasteiger partial charge in [-0.05, 0) is 55.1 Å². The van der Waals surface area contributed by atoms with E-state index < -0.39 is 0 Å². The van der Waals surface area contributed by atoms with Gasteiger partial charge in [0.25, 0.3) is 0 Å². The first-order valence-corrected chi connectivity index (χ1v) is 8.77. The second-order valence-corrected chi connectivity index (χ2v) is 9.10. The van der Waals surface area contributed by atoms with E-state index in [0.717, 1.165) is 15.1 Å². The molecular formula is C20H24BrCl. The van der Waals surface area contributed by atoms with E-state index in [-0.39, 0.29) is 10.8 Å². The highest BCUT2D eigenvalue weighted by Crippen LogP contribution is 2.38. The highest BCUT2D eigenvalue weighted by molar-refractivity contribution is 9.10. The molecule has 0 unspecified atom stereocenters. The lowest BCUT2D eigenvalue weighted by Crippen LogP contribution is -2.16. The van der Waals surface area contributed by atoms with Crippen LogP contribution in [-0.2, 0) is 10.8 Å². The molecule has 0 fully saturated rings. The predicted octanol–water partition coefficient (Wildman–Crippen LogP) is 7.36. The molecule has 2 aromatic rings. The van der Waals surface area contributed by atoms with Gasteiger partial charge in [0, 0.05) is 4.47 Å². The Morgan fingerprint density at radius 1 is 0.818 bits per heavy atom. The van der Waals surface area contributed by atoms with E-state index in [0.29, 0.717) is 0 Å². The van der Waals surface area contributed by atoms with E-state index in [2.05, 4.69) is 81.7 Å². The van der Waals surface area contributed by atoms with Crippen LogP contribution in [0.1, 0.15) is 52.7 Å². The van der Waals surface area contributed by atoms with E-state index in [1.165, 1.54) is 16.7 Å². The molecule has 22 heavy (non-hydrogen) atoms. The van der Waals surface area contributed by atoms with E-state index in [9.17, 15) is 0 Å². The Labute approximate surface area is 148 Å². The molecule has 0 amide bonds. The van der Waals surface area contributed by atoms with Crippen molar-refractivity contribution in [2.45, 2.75) is 52.4 Å². The summed E-state index contributed by atoms with van der Waals surface area (Å²) in [6, 6.07) is 12.9. The topological polar surface area (TPSA) is 0 Å². The summed E-state index contributed by atoms with van der Waals surface area (Å²) in [4.78, 5) is 0. The van der Waals surface area contributed by atoms with Gasteiger partial charge in [0.05, 0.1) is 5.02 Å². The molecule has 118 valence electrons. The van der Waals surface area contributed by atoms with Gasteiger partial charge in [-0.2, -0.15) is 0 Å². The SMILES string of the molecule is CC(C)(C)c1cc(-c2cccc(Cl)c2Br)cc(C(C)(C)C)c1. The van der Waals surface area contributed by atoms with Gasteiger partial charge in [-0.15, -0.1) is 0 Å². The Kier molecular flexibility index (Phi) is 4.80. The van der Waals surface area contributed by atoms with E-state index in [1.807, 2.05) is 12.1 Å². The molecule has 2 heteroatoms. The normalized spacial score (nSPS) is 12.5. The first-order chi connectivity index (χ1) is 10.00. The first-order valence-electron chi connectivity index (χ1n) is 7.60. The lowest BCUT2D eigenvalue weighted by molar-refractivity contribution is 0.569. The number of hydrogen-bond acceptors (Lipinski definition) is 0. The van der Waals surface area contributed by atoms with Crippen molar-refractivity contribution in [1.82, 2.24) is 0 Å². The second-order valence-electron chi connectivity index (χ2n) is 7.90. The van der Waals surface area contributed by atoms with Crippen LogP contribution in [0.2, 0.25) is 5.02 Å². The standard InChI is InChI=1S/C20H24BrCl/c1-19(2,3)14-10-13(11-15(12-14)20(4,5)6)16-8-7-9-17(22)18(16)21/h7-12H,1-6H3.